The first-order valence-electron chi connectivity index (χ1n) is 18.1. The first-order valence-corrected chi connectivity index (χ1v) is 20.4. The monoisotopic (exact) mass is 780 g/mol. The number of carbonyl (C=O) groups is 5. The van der Waals surface area contributed by atoms with Crippen LogP contribution in [0.3, 0.4) is 0 Å². The molecule has 0 radical (unpaired) electrons. The highest BCUT2D eigenvalue weighted by atomic mass is 32.2. The molecule has 14 nitrogen and oxygen atoms in total. The van der Waals surface area contributed by atoms with E-state index in [0.717, 1.165) is 11.1 Å². The van der Waals surface area contributed by atoms with Gasteiger partial charge in [-0.15, -0.1) is 11.3 Å². The van der Waals surface area contributed by atoms with Gasteiger partial charge < -0.3 is 31.3 Å². The summed E-state index contributed by atoms with van der Waals surface area (Å²) in [5.74, 6) is -1.36. The molecule has 3 aromatic rings. The third kappa shape index (κ3) is 12.2. The van der Waals surface area contributed by atoms with Crippen molar-refractivity contribution in [2.24, 2.45) is 5.92 Å². The maximum Gasteiger partial charge on any atom is 0.271 e. The number of fused-ring (bicyclic) bond motifs is 2. The molecule has 3 heterocycles. The number of hydrogen-bond donors (Lipinski definition) is 5. The molecule has 0 spiro atoms. The quantitative estimate of drug-likeness (QED) is 0.205. The second-order valence-electron chi connectivity index (χ2n) is 13.6. The van der Waals surface area contributed by atoms with Crippen LogP contribution in [-0.4, -0.2) is 101 Å². The highest BCUT2D eigenvalue weighted by Gasteiger charge is 2.31. The van der Waals surface area contributed by atoms with Gasteiger partial charge >= 0.3 is 0 Å². The summed E-state index contributed by atoms with van der Waals surface area (Å²) in [6.45, 7) is 7.68. The van der Waals surface area contributed by atoms with Crippen LogP contribution in [0.15, 0.2) is 54.0 Å². The van der Waals surface area contributed by atoms with Gasteiger partial charge in [-0.05, 0) is 55.7 Å². The number of benzene rings is 1. The minimum absolute atomic E-state index is 0.0444. The number of thioether (sulfide) groups is 1. The number of nitrogens with zero attached hydrogens (tertiary/aromatic N) is 3. The maximum atomic E-state index is 14.1. The SMILES string of the molecule is CC[C@@H]1NC(=O)[C@@H](C)NC(=O)c2csc(n2)[C@H](C(C)C)NC(=O)CN(Cc2cccnc2OC)C[C@H](Cc2ccccc2)NC(=O)[C@H](CCSC)NC1=O. The summed E-state index contributed by atoms with van der Waals surface area (Å²) in [4.78, 5) is 78.9. The third-order valence-corrected chi connectivity index (χ3v) is 10.6. The lowest BCUT2D eigenvalue weighted by Crippen LogP contribution is -2.57. The Labute approximate surface area is 325 Å². The highest BCUT2D eigenvalue weighted by molar-refractivity contribution is 7.98. The van der Waals surface area contributed by atoms with Gasteiger partial charge in [0.1, 0.15) is 28.8 Å². The fourth-order valence-electron chi connectivity index (χ4n) is 6.06. The molecule has 1 aliphatic rings. The average molecular weight is 781 g/mol. The summed E-state index contributed by atoms with van der Waals surface area (Å²) in [7, 11) is 1.54. The first-order chi connectivity index (χ1) is 25.9. The Balaban J connectivity index is 1.76. The van der Waals surface area contributed by atoms with Gasteiger partial charge in [-0.2, -0.15) is 11.8 Å². The van der Waals surface area contributed by atoms with Crippen molar-refractivity contribution in [3.63, 3.8) is 0 Å². The molecule has 4 rings (SSSR count). The molecule has 0 saturated heterocycles. The summed E-state index contributed by atoms with van der Waals surface area (Å²) in [6, 6.07) is 9.58. The van der Waals surface area contributed by atoms with Crippen LogP contribution in [-0.2, 0) is 32.1 Å². The van der Waals surface area contributed by atoms with E-state index in [0.29, 0.717) is 29.5 Å². The smallest absolute Gasteiger partial charge is 0.271 e. The van der Waals surface area contributed by atoms with Gasteiger partial charge in [0.15, 0.2) is 0 Å². The van der Waals surface area contributed by atoms with Gasteiger partial charge in [0.2, 0.25) is 29.5 Å². The first kappa shape index (κ1) is 42.2. The Morgan fingerprint density at radius 1 is 0.944 bits per heavy atom. The van der Waals surface area contributed by atoms with Gasteiger partial charge in [0, 0.05) is 36.3 Å². The number of carbonyl (C=O) groups excluding carboxylic acids is 5. The summed E-state index contributed by atoms with van der Waals surface area (Å²) in [6.07, 6.45) is 4.60. The fraction of sp³-hybridized carbons (Fsp3) is 0.500. The van der Waals surface area contributed by atoms with Crippen molar-refractivity contribution in [2.45, 2.75) is 83.7 Å². The minimum atomic E-state index is -0.988. The number of rotatable bonds is 10. The van der Waals surface area contributed by atoms with Gasteiger partial charge in [0.05, 0.1) is 19.7 Å². The lowest BCUT2D eigenvalue weighted by Gasteiger charge is -2.31. The van der Waals surface area contributed by atoms with Crippen molar-refractivity contribution in [1.29, 1.82) is 0 Å². The molecule has 1 aliphatic heterocycles. The molecule has 2 bridgehead atoms. The van der Waals surface area contributed by atoms with E-state index >= 15 is 0 Å². The summed E-state index contributed by atoms with van der Waals surface area (Å²) < 4.78 is 5.55. The van der Waals surface area contributed by atoms with Gasteiger partial charge in [-0.3, -0.25) is 28.9 Å². The second kappa shape index (κ2) is 20.8. The van der Waals surface area contributed by atoms with Crippen LogP contribution in [0, 0.1) is 5.92 Å². The number of methoxy groups -OCH3 is 1. The van der Waals surface area contributed by atoms with E-state index in [9.17, 15) is 24.0 Å². The molecular formula is C38H52N8O6S2. The van der Waals surface area contributed by atoms with Gasteiger partial charge in [-0.25, -0.2) is 9.97 Å². The Hall–Kier alpha value is -4.54. The topological polar surface area (TPSA) is 184 Å². The van der Waals surface area contributed by atoms with Crippen molar-refractivity contribution < 1.29 is 28.7 Å². The minimum Gasteiger partial charge on any atom is -0.481 e. The molecule has 0 saturated carbocycles. The van der Waals surface area contributed by atoms with Crippen LogP contribution in [0.2, 0.25) is 0 Å². The summed E-state index contributed by atoms with van der Waals surface area (Å²) in [5.41, 5.74) is 1.85. The van der Waals surface area contributed by atoms with Crippen molar-refractivity contribution in [1.82, 2.24) is 41.5 Å². The fourth-order valence-corrected chi connectivity index (χ4v) is 7.55. The molecule has 16 heteroatoms. The van der Waals surface area contributed by atoms with Crippen LogP contribution in [0.5, 0.6) is 5.88 Å². The van der Waals surface area contributed by atoms with Crippen molar-refractivity contribution in [2.75, 3.05) is 32.2 Å². The summed E-state index contributed by atoms with van der Waals surface area (Å²) in [5, 5.41) is 16.7. The van der Waals surface area contributed by atoms with E-state index in [4.69, 9.17) is 4.74 Å². The Bertz CT molecular complexity index is 1720. The average Bonchev–Trinajstić information content (AvgIpc) is 3.64. The number of nitrogens with one attached hydrogen (secondary N) is 5. The molecule has 5 amide bonds. The molecule has 54 heavy (non-hydrogen) atoms. The van der Waals surface area contributed by atoms with Crippen LogP contribution in [0.1, 0.15) is 73.2 Å². The van der Waals surface area contributed by atoms with Crippen molar-refractivity contribution in [3.8, 4) is 5.88 Å². The standard InChI is InChI=1S/C38H52N8O6S2/c1-7-28-34(49)43-29(15-17-53-6)35(50)41-27(18-25-12-9-8-10-13-25)20-46(19-26-14-11-16-39-37(26)52-5)21-31(47)45-32(23(2)3)38-44-30(22-54-38)36(51)40-24(4)33(48)42-28/h8-14,16,22-24,27-29,32H,7,15,17-21H2,1-6H3,(H,40,51)(H,41,50)(H,42,48)(H,43,49)(H,45,47)/t24-,27+,28+,29+,32+/m1/s1. The second-order valence-corrected chi connectivity index (χ2v) is 15.5. The van der Waals surface area contributed by atoms with Crippen LogP contribution in [0.4, 0.5) is 0 Å². The Morgan fingerprint density at radius 3 is 2.35 bits per heavy atom. The van der Waals surface area contributed by atoms with E-state index in [1.165, 1.54) is 25.4 Å². The molecule has 0 aliphatic carbocycles. The molecular weight excluding hydrogens is 729 g/mol. The number of pyridine rings is 1. The Morgan fingerprint density at radius 2 is 1.67 bits per heavy atom. The lowest BCUT2D eigenvalue weighted by molar-refractivity contribution is -0.132. The Kier molecular flexibility index (Phi) is 16.2. The molecule has 292 valence electrons. The van der Waals surface area contributed by atoms with Crippen molar-refractivity contribution >= 4 is 52.6 Å². The largest absolute Gasteiger partial charge is 0.481 e. The van der Waals surface area contributed by atoms with E-state index in [1.807, 2.05) is 61.4 Å². The maximum absolute atomic E-state index is 14.1. The molecule has 5 atom stereocenters. The molecule has 0 fully saturated rings. The zero-order valence-electron chi connectivity index (χ0n) is 31.7. The van der Waals surface area contributed by atoms with Crippen LogP contribution in [0.25, 0.3) is 0 Å². The van der Waals surface area contributed by atoms with E-state index in [1.54, 1.807) is 36.3 Å². The number of aromatic nitrogens is 2. The van der Waals surface area contributed by atoms with Gasteiger partial charge in [0.25, 0.3) is 5.91 Å². The molecule has 1 aromatic carbocycles. The van der Waals surface area contributed by atoms with Crippen LogP contribution >= 0.6 is 23.1 Å². The number of hydrogen-bond acceptors (Lipinski definition) is 11. The van der Waals surface area contributed by atoms with E-state index in [-0.39, 0.29) is 49.5 Å². The zero-order chi connectivity index (χ0) is 39.2. The summed E-state index contributed by atoms with van der Waals surface area (Å²) >= 11 is 2.79. The lowest BCUT2D eigenvalue weighted by atomic mass is 10.0. The molecule has 5 N–H and O–H groups in total. The molecule has 2 aromatic heterocycles. The number of amides is 5. The normalized spacial score (nSPS) is 22.6. The van der Waals surface area contributed by atoms with Crippen LogP contribution < -0.4 is 31.3 Å². The highest BCUT2D eigenvalue weighted by Crippen LogP contribution is 2.26. The third-order valence-electron chi connectivity index (χ3n) is 8.98. The van der Waals surface area contributed by atoms with Crippen molar-refractivity contribution in [3.05, 3.63) is 75.9 Å². The van der Waals surface area contributed by atoms with Gasteiger partial charge in [-0.1, -0.05) is 57.2 Å². The van der Waals surface area contributed by atoms with E-state index in [2.05, 4.69) is 36.6 Å². The number of thiazole rings is 1. The van der Waals surface area contributed by atoms with E-state index < -0.39 is 47.9 Å². The predicted molar refractivity (Wildman–Crippen MR) is 210 cm³/mol. The predicted octanol–water partition coefficient (Wildman–Crippen LogP) is 2.85. The molecule has 0 unspecified atom stereocenters. The zero-order valence-corrected chi connectivity index (χ0v) is 33.4. The number of ether oxygens (including phenoxy) is 1.